The van der Waals surface area contributed by atoms with Crippen LogP contribution in [0.5, 0.6) is 0 Å². The van der Waals surface area contributed by atoms with E-state index in [1.54, 1.807) is 4.57 Å². The first-order valence-electron chi connectivity index (χ1n) is 14.5. The van der Waals surface area contributed by atoms with Crippen molar-refractivity contribution in [1.82, 2.24) is 14.5 Å². The summed E-state index contributed by atoms with van der Waals surface area (Å²) in [6, 6.07) is 19.6. The molecule has 0 bridgehead atoms. The van der Waals surface area contributed by atoms with E-state index in [-0.39, 0.29) is 30.8 Å². The van der Waals surface area contributed by atoms with E-state index >= 15 is 0 Å². The van der Waals surface area contributed by atoms with Crippen LogP contribution in [0.4, 0.5) is 5.69 Å². The van der Waals surface area contributed by atoms with Gasteiger partial charge in [0, 0.05) is 50.1 Å². The van der Waals surface area contributed by atoms with E-state index < -0.39 is 11.4 Å². The average Bonchev–Trinajstić information content (AvgIpc) is 3.37. The van der Waals surface area contributed by atoms with E-state index in [4.69, 9.17) is 21.3 Å². The lowest BCUT2D eigenvalue weighted by Gasteiger charge is -2.38. The lowest BCUT2D eigenvalue weighted by Crippen LogP contribution is -2.51. The zero-order chi connectivity index (χ0) is 29.0. The van der Waals surface area contributed by atoms with Gasteiger partial charge in [-0.2, -0.15) is 0 Å². The van der Waals surface area contributed by atoms with E-state index in [0.717, 1.165) is 59.0 Å². The molecule has 214 valence electrons. The summed E-state index contributed by atoms with van der Waals surface area (Å²) in [6.07, 6.45) is 0.408. The summed E-state index contributed by atoms with van der Waals surface area (Å²) in [5, 5.41) is 1.74. The molecule has 3 aliphatic rings. The zero-order valence-corrected chi connectivity index (χ0v) is 24.2. The number of aromatic nitrogens is 2. The molecule has 0 spiro atoms. The van der Waals surface area contributed by atoms with Crippen LogP contribution in [-0.2, 0) is 32.9 Å². The number of piperazine rings is 1. The fourth-order valence-electron chi connectivity index (χ4n) is 6.80. The van der Waals surface area contributed by atoms with E-state index in [2.05, 4.69) is 15.9 Å². The monoisotopic (exact) mass is 582 g/mol. The number of halogens is 1. The summed E-state index contributed by atoms with van der Waals surface area (Å²) < 4.78 is 7.25. The van der Waals surface area contributed by atoms with E-state index in [9.17, 15) is 14.4 Å². The number of ketones is 1. The van der Waals surface area contributed by atoms with Crippen molar-refractivity contribution < 1.29 is 14.3 Å². The van der Waals surface area contributed by atoms with Crippen LogP contribution in [0.25, 0.3) is 22.3 Å². The van der Waals surface area contributed by atoms with Gasteiger partial charge in [-0.1, -0.05) is 48.9 Å². The fraction of sp³-hybridized carbons (Fsp3) is 0.333. The Labute approximate surface area is 248 Å². The highest BCUT2D eigenvalue weighted by molar-refractivity contribution is 6.33. The molecule has 42 heavy (non-hydrogen) atoms. The summed E-state index contributed by atoms with van der Waals surface area (Å²) in [4.78, 5) is 50.7. The third-order valence-electron chi connectivity index (χ3n) is 9.16. The number of esters is 1. The molecule has 0 saturated carbocycles. The molecule has 2 aromatic carbocycles. The Kier molecular flexibility index (Phi) is 6.63. The second kappa shape index (κ2) is 10.4. The topological polar surface area (TPSA) is 84.7 Å². The molecular formula is C33H31ClN4O4. The smallest absolute Gasteiger partial charge is 0.324 e. The molecule has 0 radical (unpaired) electrons. The number of hydrogen-bond donors (Lipinski definition) is 0. The highest BCUT2D eigenvalue weighted by Crippen LogP contribution is 2.41. The number of carbonyl (C=O) groups is 2. The third-order valence-corrected chi connectivity index (χ3v) is 9.48. The molecule has 1 fully saturated rings. The number of ether oxygens (including phenoxy) is 1. The first-order chi connectivity index (χ1) is 20.4. The van der Waals surface area contributed by atoms with Gasteiger partial charge in [-0.25, -0.2) is 4.98 Å². The lowest BCUT2D eigenvalue weighted by molar-refractivity contribution is -0.158. The summed E-state index contributed by atoms with van der Waals surface area (Å²) >= 11 is 6.40. The number of pyridine rings is 2. The van der Waals surface area contributed by atoms with Gasteiger partial charge in [0.1, 0.15) is 6.61 Å². The number of carbonyl (C=O) groups excluding carboxylic acids is 2. The van der Waals surface area contributed by atoms with Gasteiger partial charge >= 0.3 is 5.97 Å². The van der Waals surface area contributed by atoms with Crippen LogP contribution < -0.4 is 10.5 Å². The minimum atomic E-state index is -1.51. The standard InChI is InChI=1S/C33H31ClN4O4/c1-2-33(29(39)11-12-36-13-15-37(16-14-36)27-10-6-4-8-25(27)34)24-18-28-30-22(17-21-7-3-5-9-26(21)35-30)19-38(28)31(40)23(24)20-42-32(33)41/h3-10,17-18H,2,11-16,19-20H2,1H3/t33-/m1/s1. The Balaban J connectivity index is 1.17. The molecule has 0 unspecified atom stereocenters. The first-order valence-corrected chi connectivity index (χ1v) is 14.9. The molecule has 0 N–H and O–H groups in total. The van der Waals surface area contributed by atoms with Crippen molar-refractivity contribution in [3.05, 3.63) is 92.7 Å². The third kappa shape index (κ3) is 4.15. The average molecular weight is 583 g/mol. The number of Topliss-reactive ketones (excluding diaryl/α,β-unsaturated/α-hetero) is 1. The molecule has 4 aromatic rings. The van der Waals surface area contributed by atoms with Crippen molar-refractivity contribution >= 4 is 39.9 Å². The summed E-state index contributed by atoms with van der Waals surface area (Å²) in [6.45, 7) is 5.78. The van der Waals surface area contributed by atoms with Crippen LogP contribution in [0.2, 0.25) is 5.02 Å². The van der Waals surface area contributed by atoms with Gasteiger partial charge in [-0.3, -0.25) is 19.3 Å². The Hall–Kier alpha value is -4.01. The molecule has 0 aliphatic carbocycles. The largest absolute Gasteiger partial charge is 0.460 e. The number of benzene rings is 2. The SMILES string of the molecule is CC[C@@]1(C(=O)CCN2CCN(c3ccccc3Cl)CC2)C(=O)OCc2c1cc1n(c2=O)Cc2cc3ccccc3nc2-1. The minimum absolute atomic E-state index is 0.127. The van der Waals surface area contributed by atoms with Gasteiger partial charge in [-0.05, 0) is 42.3 Å². The highest BCUT2D eigenvalue weighted by Gasteiger charge is 2.52. The van der Waals surface area contributed by atoms with E-state index in [1.165, 1.54) is 0 Å². The number of nitrogens with zero attached hydrogens (tertiary/aromatic N) is 4. The summed E-state index contributed by atoms with van der Waals surface area (Å²) in [5.74, 6) is -0.779. The first kappa shape index (κ1) is 26.9. The predicted octanol–water partition coefficient (Wildman–Crippen LogP) is 4.56. The second-order valence-corrected chi connectivity index (χ2v) is 11.7. The predicted molar refractivity (Wildman–Crippen MR) is 162 cm³/mol. The molecule has 9 heteroatoms. The molecule has 1 atom stereocenters. The van der Waals surface area contributed by atoms with Crippen LogP contribution in [0.15, 0.2) is 65.5 Å². The Morgan fingerprint density at radius 1 is 1.02 bits per heavy atom. The second-order valence-electron chi connectivity index (χ2n) is 11.3. The Morgan fingerprint density at radius 3 is 2.57 bits per heavy atom. The van der Waals surface area contributed by atoms with Crippen LogP contribution in [-0.4, -0.2) is 58.9 Å². The summed E-state index contributed by atoms with van der Waals surface area (Å²) in [7, 11) is 0. The van der Waals surface area contributed by atoms with Crippen LogP contribution in [0.3, 0.4) is 0 Å². The molecule has 1 saturated heterocycles. The zero-order valence-electron chi connectivity index (χ0n) is 23.4. The fourth-order valence-corrected chi connectivity index (χ4v) is 7.05. The van der Waals surface area contributed by atoms with Crippen molar-refractivity contribution in [2.45, 2.75) is 38.3 Å². The van der Waals surface area contributed by atoms with Crippen LogP contribution in [0.1, 0.15) is 36.5 Å². The number of fused-ring (bicyclic) bond motifs is 5. The number of cyclic esters (lactones) is 1. The van der Waals surface area contributed by atoms with Crippen molar-refractivity contribution in [1.29, 1.82) is 0 Å². The number of para-hydroxylation sites is 2. The van der Waals surface area contributed by atoms with Crippen LogP contribution in [0, 0.1) is 0 Å². The highest BCUT2D eigenvalue weighted by atomic mass is 35.5. The van der Waals surface area contributed by atoms with Gasteiger partial charge < -0.3 is 14.2 Å². The van der Waals surface area contributed by atoms with Crippen molar-refractivity contribution in [3.63, 3.8) is 0 Å². The lowest BCUT2D eigenvalue weighted by atomic mass is 9.70. The van der Waals surface area contributed by atoms with Gasteiger partial charge in [0.25, 0.3) is 5.56 Å². The van der Waals surface area contributed by atoms with E-state index in [1.807, 2.05) is 61.5 Å². The maximum absolute atomic E-state index is 14.0. The molecule has 5 heterocycles. The maximum atomic E-state index is 14.0. The normalized spacial score (nSPS) is 19.8. The van der Waals surface area contributed by atoms with Gasteiger partial charge in [0.2, 0.25) is 0 Å². The molecule has 0 amide bonds. The molecule has 8 nitrogen and oxygen atoms in total. The van der Waals surface area contributed by atoms with Gasteiger partial charge in [-0.15, -0.1) is 0 Å². The minimum Gasteiger partial charge on any atom is -0.460 e. The number of hydrogen-bond acceptors (Lipinski definition) is 7. The molecule has 7 rings (SSSR count). The van der Waals surface area contributed by atoms with Crippen molar-refractivity contribution in [2.24, 2.45) is 0 Å². The quantitative estimate of drug-likeness (QED) is 0.214. The Morgan fingerprint density at radius 2 is 1.79 bits per heavy atom. The van der Waals surface area contributed by atoms with Crippen LogP contribution >= 0.6 is 11.6 Å². The molecular weight excluding hydrogens is 552 g/mol. The van der Waals surface area contributed by atoms with Gasteiger partial charge in [0.15, 0.2) is 11.2 Å². The van der Waals surface area contributed by atoms with E-state index in [0.29, 0.717) is 29.9 Å². The Bertz CT molecular complexity index is 1810. The van der Waals surface area contributed by atoms with Crippen molar-refractivity contribution in [2.75, 3.05) is 37.6 Å². The number of anilines is 1. The van der Waals surface area contributed by atoms with Crippen molar-refractivity contribution in [3.8, 4) is 11.4 Å². The maximum Gasteiger partial charge on any atom is 0.324 e. The molecule has 3 aliphatic heterocycles. The van der Waals surface area contributed by atoms with Gasteiger partial charge in [0.05, 0.1) is 39.7 Å². The number of rotatable bonds is 6. The summed E-state index contributed by atoms with van der Waals surface area (Å²) in [5.41, 5.74) is 3.31. The molecule has 2 aromatic heterocycles.